The third-order valence-electron chi connectivity index (χ3n) is 4.03. The summed E-state index contributed by atoms with van der Waals surface area (Å²) < 4.78 is 21.6. The number of ether oxygens (including phenoxy) is 3. The van der Waals surface area contributed by atoms with Gasteiger partial charge in [0.05, 0.1) is 20.1 Å². The van der Waals surface area contributed by atoms with E-state index in [-0.39, 0.29) is 18.9 Å². The minimum atomic E-state index is -0.639. The van der Waals surface area contributed by atoms with Gasteiger partial charge in [-0.25, -0.2) is 0 Å². The van der Waals surface area contributed by atoms with Crippen LogP contribution >= 0.6 is 0 Å². The van der Waals surface area contributed by atoms with Crippen LogP contribution < -0.4 is 9.47 Å². The summed E-state index contributed by atoms with van der Waals surface area (Å²) in [6.07, 6.45) is -0.532. The van der Waals surface area contributed by atoms with Gasteiger partial charge in [-0.15, -0.1) is 10.2 Å². The molecule has 0 aliphatic carbocycles. The van der Waals surface area contributed by atoms with Crippen LogP contribution in [-0.4, -0.2) is 29.9 Å². The zero-order valence-electron chi connectivity index (χ0n) is 16.0. The Kier molecular flexibility index (Phi) is 6.26. The van der Waals surface area contributed by atoms with E-state index in [1.807, 2.05) is 31.2 Å². The van der Waals surface area contributed by atoms with Crippen LogP contribution in [0.2, 0.25) is 0 Å². The second-order valence-electron chi connectivity index (χ2n) is 6.22. The molecule has 3 aromatic rings. The molecule has 2 aromatic carbocycles. The van der Waals surface area contributed by atoms with Crippen LogP contribution in [0.1, 0.15) is 30.9 Å². The van der Waals surface area contributed by atoms with Crippen molar-refractivity contribution in [1.82, 2.24) is 10.2 Å². The molecule has 0 saturated carbocycles. The maximum Gasteiger partial charge on any atom is 0.310 e. The van der Waals surface area contributed by atoms with Gasteiger partial charge >= 0.3 is 5.97 Å². The van der Waals surface area contributed by atoms with Crippen molar-refractivity contribution in [1.29, 1.82) is 0 Å². The lowest BCUT2D eigenvalue weighted by Crippen LogP contribution is -2.12. The Balaban J connectivity index is 1.48. The van der Waals surface area contributed by atoms with Gasteiger partial charge in [-0.3, -0.25) is 4.79 Å². The first-order chi connectivity index (χ1) is 13.5. The van der Waals surface area contributed by atoms with Gasteiger partial charge in [-0.1, -0.05) is 17.7 Å². The predicted molar refractivity (Wildman–Crippen MR) is 102 cm³/mol. The fraction of sp³-hybridized carbons (Fsp3) is 0.286. The molecule has 0 fully saturated rings. The second kappa shape index (κ2) is 9.03. The van der Waals surface area contributed by atoms with Gasteiger partial charge < -0.3 is 18.6 Å². The first-order valence-electron chi connectivity index (χ1n) is 8.92. The van der Waals surface area contributed by atoms with Crippen molar-refractivity contribution in [2.75, 3.05) is 13.7 Å². The molecule has 0 radical (unpaired) electrons. The van der Waals surface area contributed by atoms with Crippen LogP contribution in [0.4, 0.5) is 0 Å². The van der Waals surface area contributed by atoms with Crippen LogP contribution in [0.3, 0.4) is 0 Å². The van der Waals surface area contributed by atoms with Crippen LogP contribution in [0.25, 0.3) is 11.5 Å². The molecular weight excluding hydrogens is 360 g/mol. The van der Waals surface area contributed by atoms with Gasteiger partial charge in [-0.2, -0.15) is 0 Å². The maximum atomic E-state index is 12.0. The third-order valence-corrected chi connectivity index (χ3v) is 4.03. The lowest BCUT2D eigenvalue weighted by Gasteiger charge is -2.10. The smallest absolute Gasteiger partial charge is 0.310 e. The van der Waals surface area contributed by atoms with Crippen molar-refractivity contribution < 1.29 is 23.4 Å². The number of nitrogens with zero attached hydrogens (tertiary/aromatic N) is 2. The Bertz CT molecular complexity index is 903. The molecule has 3 rings (SSSR count). The number of carbonyl (C=O) groups excluding carboxylic acids is 1. The van der Waals surface area contributed by atoms with Gasteiger partial charge in [0.2, 0.25) is 5.89 Å². The Morgan fingerprint density at radius 2 is 1.71 bits per heavy atom. The van der Waals surface area contributed by atoms with Crippen molar-refractivity contribution >= 4 is 5.97 Å². The molecule has 0 bridgehead atoms. The van der Waals surface area contributed by atoms with Crippen molar-refractivity contribution in [3.63, 3.8) is 0 Å². The number of hydrogen-bond acceptors (Lipinski definition) is 7. The van der Waals surface area contributed by atoms with Crippen LogP contribution in [0, 0.1) is 6.92 Å². The van der Waals surface area contributed by atoms with E-state index in [0.29, 0.717) is 11.6 Å². The van der Waals surface area contributed by atoms with Gasteiger partial charge in [0.1, 0.15) is 11.5 Å². The number of benzene rings is 2. The minimum absolute atomic E-state index is 0.106. The number of aromatic nitrogens is 2. The number of rotatable bonds is 8. The zero-order valence-corrected chi connectivity index (χ0v) is 16.0. The minimum Gasteiger partial charge on any atom is -0.497 e. The van der Waals surface area contributed by atoms with E-state index < -0.39 is 12.1 Å². The maximum absolute atomic E-state index is 12.0. The molecular formula is C21H22N2O5. The van der Waals surface area contributed by atoms with E-state index in [1.165, 1.54) is 0 Å². The highest BCUT2D eigenvalue weighted by Gasteiger charge is 2.19. The molecule has 1 atom stereocenters. The lowest BCUT2D eigenvalue weighted by molar-refractivity contribution is -0.150. The number of methoxy groups -OCH3 is 1. The normalized spacial score (nSPS) is 11.7. The summed E-state index contributed by atoms with van der Waals surface area (Å²) in [4.78, 5) is 12.0. The first kappa shape index (κ1) is 19.4. The second-order valence-corrected chi connectivity index (χ2v) is 6.22. The number of esters is 1. The van der Waals surface area contributed by atoms with E-state index in [0.717, 1.165) is 16.9 Å². The molecule has 28 heavy (non-hydrogen) atoms. The summed E-state index contributed by atoms with van der Waals surface area (Å²) in [6.45, 7) is 3.90. The predicted octanol–water partition coefficient (Wildman–Crippen LogP) is 4.13. The standard InChI is InChI=1S/C21H22N2O5/c1-14-4-6-16(7-5-14)21-23-22-20(28-21)15(2)27-19(24)12-13-26-18-10-8-17(25-3)9-11-18/h4-11,15H,12-13H2,1-3H3. The average Bonchev–Trinajstić information content (AvgIpc) is 3.19. The SMILES string of the molecule is COc1ccc(OCCC(=O)OC(C)c2nnc(-c3ccc(C)cc3)o2)cc1. The van der Waals surface area contributed by atoms with E-state index >= 15 is 0 Å². The highest BCUT2D eigenvalue weighted by Crippen LogP contribution is 2.23. The molecule has 0 amide bonds. The van der Waals surface area contributed by atoms with E-state index in [9.17, 15) is 4.79 Å². The largest absolute Gasteiger partial charge is 0.497 e. The van der Waals surface area contributed by atoms with Crippen LogP contribution in [-0.2, 0) is 9.53 Å². The topological polar surface area (TPSA) is 83.7 Å². The van der Waals surface area contributed by atoms with Crippen molar-refractivity contribution in [3.05, 3.63) is 60.0 Å². The average molecular weight is 382 g/mol. The Hall–Kier alpha value is -3.35. The molecule has 0 aliphatic heterocycles. The van der Waals surface area contributed by atoms with Gasteiger partial charge in [-0.05, 0) is 50.2 Å². The molecule has 1 unspecified atom stereocenters. The van der Waals surface area contributed by atoms with Gasteiger partial charge in [0.15, 0.2) is 6.10 Å². The third kappa shape index (κ3) is 5.09. The van der Waals surface area contributed by atoms with E-state index in [4.69, 9.17) is 18.6 Å². The Morgan fingerprint density at radius 1 is 1.04 bits per heavy atom. The lowest BCUT2D eigenvalue weighted by atomic mass is 10.1. The molecule has 1 aromatic heterocycles. The summed E-state index contributed by atoms with van der Waals surface area (Å²) >= 11 is 0. The molecule has 0 saturated heterocycles. The first-order valence-corrected chi connectivity index (χ1v) is 8.92. The summed E-state index contributed by atoms with van der Waals surface area (Å²) in [5, 5.41) is 7.99. The molecule has 0 aliphatic rings. The highest BCUT2D eigenvalue weighted by atomic mass is 16.6. The number of hydrogen-bond donors (Lipinski definition) is 0. The quantitative estimate of drug-likeness (QED) is 0.542. The molecule has 7 nitrogen and oxygen atoms in total. The van der Waals surface area contributed by atoms with E-state index in [2.05, 4.69) is 10.2 Å². The van der Waals surface area contributed by atoms with Crippen molar-refractivity contribution in [2.45, 2.75) is 26.4 Å². The van der Waals surface area contributed by atoms with Gasteiger partial charge in [0.25, 0.3) is 5.89 Å². The molecule has 1 heterocycles. The molecule has 7 heteroatoms. The fourth-order valence-corrected chi connectivity index (χ4v) is 2.44. The number of carbonyl (C=O) groups is 1. The molecule has 0 N–H and O–H groups in total. The Morgan fingerprint density at radius 3 is 2.39 bits per heavy atom. The Labute approximate surface area is 163 Å². The summed E-state index contributed by atoms with van der Waals surface area (Å²) in [5.41, 5.74) is 1.96. The summed E-state index contributed by atoms with van der Waals surface area (Å²) in [7, 11) is 1.60. The zero-order chi connectivity index (χ0) is 19.9. The summed E-state index contributed by atoms with van der Waals surface area (Å²) in [6, 6.07) is 14.9. The molecule has 0 spiro atoms. The van der Waals surface area contributed by atoms with E-state index in [1.54, 1.807) is 38.3 Å². The molecule has 146 valence electrons. The fourth-order valence-electron chi connectivity index (χ4n) is 2.44. The van der Waals surface area contributed by atoms with Crippen LogP contribution in [0.5, 0.6) is 11.5 Å². The van der Waals surface area contributed by atoms with Crippen molar-refractivity contribution in [3.8, 4) is 23.0 Å². The summed E-state index contributed by atoms with van der Waals surface area (Å²) in [5.74, 6) is 1.63. The van der Waals surface area contributed by atoms with Crippen molar-refractivity contribution in [2.24, 2.45) is 0 Å². The van der Waals surface area contributed by atoms with Crippen LogP contribution in [0.15, 0.2) is 52.9 Å². The van der Waals surface area contributed by atoms with Gasteiger partial charge in [0, 0.05) is 5.56 Å². The highest BCUT2D eigenvalue weighted by molar-refractivity contribution is 5.69. The monoisotopic (exact) mass is 382 g/mol. The number of aryl methyl sites for hydroxylation is 1.